The summed E-state index contributed by atoms with van der Waals surface area (Å²) in [5.74, 6) is -0.440. The Balaban J connectivity index is 1.93. The molecule has 0 bridgehead atoms. The van der Waals surface area contributed by atoms with Gasteiger partial charge in [-0.25, -0.2) is 13.6 Å². The van der Waals surface area contributed by atoms with Gasteiger partial charge >= 0.3 is 0 Å². The molecule has 9 heteroatoms. The number of benzene rings is 2. The van der Waals surface area contributed by atoms with Gasteiger partial charge in [-0.05, 0) is 53.9 Å². The van der Waals surface area contributed by atoms with Crippen LogP contribution in [0.25, 0.3) is 11.1 Å². The molecule has 27 heavy (non-hydrogen) atoms. The Morgan fingerprint density at radius 1 is 1.19 bits per heavy atom. The Labute approximate surface area is 156 Å². The maximum Gasteiger partial charge on any atom is 0.278 e. The van der Waals surface area contributed by atoms with Crippen LogP contribution >= 0.6 is 0 Å². The molecule has 0 spiro atoms. The summed E-state index contributed by atoms with van der Waals surface area (Å²) in [6.45, 7) is 1.52. The summed E-state index contributed by atoms with van der Waals surface area (Å²) >= 11 is 0. The van der Waals surface area contributed by atoms with E-state index in [1.54, 1.807) is 12.1 Å². The highest BCUT2D eigenvalue weighted by atomic mass is 32.2. The molecule has 0 radical (unpaired) electrons. The van der Waals surface area contributed by atoms with Gasteiger partial charge in [-0.1, -0.05) is 17.3 Å². The second-order valence-electron chi connectivity index (χ2n) is 6.76. The number of carbonyl (C=O) groups excluding carboxylic acids is 1. The predicted molar refractivity (Wildman–Crippen MR) is 100 cm³/mol. The second kappa shape index (κ2) is 6.15. The number of sulfonamides is 1. The summed E-state index contributed by atoms with van der Waals surface area (Å²) in [4.78, 5) is 14.3. The zero-order valence-corrected chi connectivity index (χ0v) is 15.4. The van der Waals surface area contributed by atoms with Gasteiger partial charge in [0.2, 0.25) is 10.0 Å². The number of hydrogen-bond acceptors (Lipinski definition) is 6. The van der Waals surface area contributed by atoms with Crippen LogP contribution in [0.15, 0.2) is 40.4 Å². The van der Waals surface area contributed by atoms with E-state index >= 15 is 0 Å². The molecule has 1 amide bonds. The van der Waals surface area contributed by atoms with Crippen molar-refractivity contribution in [3.05, 3.63) is 47.0 Å². The van der Waals surface area contributed by atoms with Crippen LogP contribution in [0.3, 0.4) is 0 Å². The standard InChI is InChI=1S/C18H18N4O4S/c1-22-7-6-12-13(10-2-4-11(5-3-10)27(19,25)26)8-14-16(15(12)9-22)20-18(23)17(14)21-24/h2-5,8,24H,6-7,9H2,1H3,(H2,19,25,26)(H,20,21,23). The van der Waals surface area contributed by atoms with E-state index in [0.29, 0.717) is 17.8 Å². The smallest absolute Gasteiger partial charge is 0.278 e. The molecular weight excluding hydrogens is 368 g/mol. The SMILES string of the molecule is CN1CCc2c(-c3ccc(S(N)(=O)=O)cc3)cc3c(c2C1)NC(=O)/C3=N\O. The highest BCUT2D eigenvalue weighted by molar-refractivity contribution is 7.89. The van der Waals surface area contributed by atoms with E-state index in [-0.39, 0.29) is 10.6 Å². The topological polar surface area (TPSA) is 125 Å². The molecule has 2 aliphatic rings. The summed E-state index contributed by atoms with van der Waals surface area (Å²) in [5, 5.41) is 20.4. The number of primary sulfonamides is 1. The van der Waals surface area contributed by atoms with Crippen molar-refractivity contribution in [1.82, 2.24) is 4.90 Å². The van der Waals surface area contributed by atoms with E-state index < -0.39 is 15.9 Å². The number of nitrogens with zero attached hydrogens (tertiary/aromatic N) is 2. The van der Waals surface area contributed by atoms with Crippen LogP contribution in [0.1, 0.15) is 16.7 Å². The van der Waals surface area contributed by atoms with Crippen LogP contribution in [-0.4, -0.2) is 43.7 Å². The van der Waals surface area contributed by atoms with Crippen LogP contribution in [0.4, 0.5) is 5.69 Å². The maximum atomic E-state index is 12.1. The number of fused-ring (bicyclic) bond motifs is 3. The van der Waals surface area contributed by atoms with Gasteiger partial charge in [0.1, 0.15) is 0 Å². The molecule has 140 valence electrons. The number of anilines is 1. The third-order valence-corrected chi connectivity index (χ3v) is 5.95. The Morgan fingerprint density at radius 2 is 1.89 bits per heavy atom. The van der Waals surface area contributed by atoms with Crippen LogP contribution in [-0.2, 0) is 27.8 Å². The lowest BCUT2D eigenvalue weighted by Crippen LogP contribution is -2.27. The third kappa shape index (κ3) is 2.89. The summed E-state index contributed by atoms with van der Waals surface area (Å²) in [6.07, 6.45) is 0.785. The van der Waals surface area contributed by atoms with E-state index in [0.717, 1.165) is 35.2 Å². The van der Waals surface area contributed by atoms with Crippen molar-refractivity contribution < 1.29 is 18.4 Å². The number of carbonyl (C=O) groups is 1. The van der Waals surface area contributed by atoms with E-state index in [2.05, 4.69) is 15.4 Å². The molecule has 0 saturated heterocycles. The molecular formula is C18H18N4O4S. The Bertz CT molecular complexity index is 1090. The number of nitrogens with one attached hydrogen (secondary N) is 1. The summed E-state index contributed by atoms with van der Waals surface area (Å²) < 4.78 is 23.0. The first-order valence-corrected chi connectivity index (χ1v) is 9.88. The Kier molecular flexibility index (Phi) is 4.02. The van der Waals surface area contributed by atoms with Gasteiger partial charge < -0.3 is 15.4 Å². The normalized spacial score (nSPS) is 18.3. The van der Waals surface area contributed by atoms with Crippen molar-refractivity contribution in [2.24, 2.45) is 10.3 Å². The molecule has 2 heterocycles. The van der Waals surface area contributed by atoms with Crippen molar-refractivity contribution in [3.8, 4) is 11.1 Å². The van der Waals surface area contributed by atoms with Crippen molar-refractivity contribution in [2.75, 3.05) is 18.9 Å². The predicted octanol–water partition coefficient (Wildman–Crippen LogP) is 1.12. The number of likely N-dealkylation sites (N-methyl/N-ethyl adjacent to an activating group) is 1. The van der Waals surface area contributed by atoms with Crippen molar-refractivity contribution in [2.45, 2.75) is 17.9 Å². The average molecular weight is 386 g/mol. The molecule has 0 unspecified atom stereocenters. The molecule has 0 aromatic heterocycles. The van der Waals surface area contributed by atoms with Gasteiger partial charge in [0.15, 0.2) is 5.71 Å². The lowest BCUT2D eigenvalue weighted by molar-refractivity contribution is -0.110. The molecule has 8 nitrogen and oxygen atoms in total. The fraction of sp³-hybridized carbons (Fsp3) is 0.222. The monoisotopic (exact) mass is 386 g/mol. The highest BCUT2D eigenvalue weighted by Crippen LogP contribution is 2.40. The van der Waals surface area contributed by atoms with E-state index in [4.69, 9.17) is 5.14 Å². The minimum atomic E-state index is -3.77. The quantitative estimate of drug-likeness (QED) is 0.527. The zero-order valence-electron chi connectivity index (χ0n) is 14.6. The maximum absolute atomic E-state index is 12.1. The van der Waals surface area contributed by atoms with Crippen molar-refractivity contribution >= 4 is 27.3 Å². The highest BCUT2D eigenvalue weighted by Gasteiger charge is 2.33. The van der Waals surface area contributed by atoms with Gasteiger partial charge in [0.25, 0.3) is 5.91 Å². The minimum Gasteiger partial charge on any atom is -0.410 e. The first-order chi connectivity index (χ1) is 12.8. The number of amides is 1. The van der Waals surface area contributed by atoms with Gasteiger partial charge in [0.05, 0.1) is 10.6 Å². The number of hydrogen-bond donors (Lipinski definition) is 3. The van der Waals surface area contributed by atoms with Crippen molar-refractivity contribution in [1.29, 1.82) is 0 Å². The molecule has 4 rings (SSSR count). The lowest BCUT2D eigenvalue weighted by atomic mass is 9.87. The van der Waals surface area contributed by atoms with Crippen LogP contribution < -0.4 is 10.5 Å². The first-order valence-electron chi connectivity index (χ1n) is 8.34. The second-order valence-corrected chi connectivity index (χ2v) is 8.33. The molecule has 2 aromatic rings. The Morgan fingerprint density at radius 3 is 2.52 bits per heavy atom. The van der Waals surface area contributed by atoms with Gasteiger partial charge in [-0.15, -0.1) is 0 Å². The summed E-state index contributed by atoms with van der Waals surface area (Å²) in [5.41, 5.74) is 4.97. The number of rotatable bonds is 2. The number of nitrogens with two attached hydrogens (primary N) is 1. The van der Waals surface area contributed by atoms with Crippen LogP contribution in [0.2, 0.25) is 0 Å². The average Bonchev–Trinajstić information content (AvgIpc) is 2.95. The Hall–Kier alpha value is -2.75. The van der Waals surface area contributed by atoms with Crippen LogP contribution in [0.5, 0.6) is 0 Å². The van der Waals surface area contributed by atoms with Gasteiger partial charge in [-0.3, -0.25) is 4.79 Å². The van der Waals surface area contributed by atoms with Gasteiger partial charge in [-0.2, -0.15) is 0 Å². The molecule has 2 aromatic carbocycles. The van der Waals surface area contributed by atoms with Crippen LogP contribution in [0, 0.1) is 0 Å². The summed E-state index contributed by atoms with van der Waals surface area (Å²) in [6, 6.07) is 8.13. The molecule has 0 atom stereocenters. The lowest BCUT2D eigenvalue weighted by Gasteiger charge is -2.29. The number of oxime groups is 1. The third-order valence-electron chi connectivity index (χ3n) is 5.02. The molecule has 2 aliphatic heterocycles. The van der Waals surface area contributed by atoms with Crippen molar-refractivity contribution in [3.63, 3.8) is 0 Å². The fourth-order valence-corrected chi connectivity index (χ4v) is 4.21. The van der Waals surface area contributed by atoms with E-state index in [1.165, 1.54) is 12.1 Å². The molecule has 0 fully saturated rings. The molecule has 0 aliphatic carbocycles. The largest absolute Gasteiger partial charge is 0.410 e. The first kappa shape index (κ1) is 17.7. The van der Waals surface area contributed by atoms with E-state index in [1.807, 2.05) is 13.1 Å². The summed E-state index contributed by atoms with van der Waals surface area (Å²) in [7, 11) is -1.77. The van der Waals surface area contributed by atoms with E-state index in [9.17, 15) is 18.4 Å². The zero-order chi connectivity index (χ0) is 19.3. The molecule has 4 N–H and O–H groups in total. The van der Waals surface area contributed by atoms with Gasteiger partial charge in [0, 0.05) is 18.7 Å². The minimum absolute atomic E-state index is 0.0246. The fourth-order valence-electron chi connectivity index (χ4n) is 3.70. The molecule has 0 saturated carbocycles.